The van der Waals surface area contributed by atoms with Gasteiger partial charge in [-0.15, -0.1) is 0 Å². The quantitative estimate of drug-likeness (QED) is 0.569. The first-order valence-corrected chi connectivity index (χ1v) is 8.06. The number of aliphatic hydroxyl groups is 2. The Morgan fingerprint density at radius 1 is 0.750 bits per heavy atom. The van der Waals surface area contributed by atoms with Crippen molar-refractivity contribution in [3.05, 3.63) is 71.8 Å². The van der Waals surface area contributed by atoms with E-state index in [0.717, 1.165) is 0 Å². The van der Waals surface area contributed by atoms with Gasteiger partial charge in [0.15, 0.2) is 0 Å². The molecule has 2 aromatic carbocycles. The highest BCUT2D eigenvalue weighted by Crippen LogP contribution is 2.16. The second-order valence-electron chi connectivity index (χ2n) is 5.83. The van der Waals surface area contributed by atoms with E-state index in [4.69, 9.17) is 5.48 Å². The maximum Gasteiger partial charge on any atom is 0.0940 e. The Hall–Kier alpha value is -1.72. The van der Waals surface area contributed by atoms with Crippen LogP contribution in [-0.2, 0) is 0 Å². The van der Waals surface area contributed by atoms with E-state index in [1.807, 2.05) is 12.1 Å². The molecule has 0 amide bonds. The zero-order valence-corrected chi connectivity index (χ0v) is 14.0. The summed E-state index contributed by atoms with van der Waals surface area (Å²) in [6.07, 6.45) is -2.00. The lowest BCUT2D eigenvalue weighted by Crippen LogP contribution is -2.40. The second-order valence-corrected chi connectivity index (χ2v) is 5.83. The van der Waals surface area contributed by atoms with Gasteiger partial charge >= 0.3 is 0 Å². The summed E-state index contributed by atoms with van der Waals surface area (Å²) in [5.74, 6) is 0. The van der Waals surface area contributed by atoms with Gasteiger partial charge in [-0.05, 0) is 25.0 Å². The van der Waals surface area contributed by atoms with Crippen molar-refractivity contribution in [1.29, 1.82) is 0 Å². The minimum absolute atomic E-state index is 0.611. The summed E-state index contributed by atoms with van der Waals surface area (Å²) in [6.45, 7) is -1.83. The Morgan fingerprint density at radius 2 is 1.08 bits per heavy atom. The van der Waals surface area contributed by atoms with Gasteiger partial charge in [0.2, 0.25) is 0 Å². The van der Waals surface area contributed by atoms with Crippen molar-refractivity contribution in [2.24, 2.45) is 0 Å². The molecule has 0 spiro atoms. The molecule has 130 valence electrons. The van der Waals surface area contributed by atoms with E-state index in [-0.39, 0.29) is 0 Å². The Labute approximate surface area is 150 Å². The summed E-state index contributed by atoms with van der Waals surface area (Å²) >= 11 is 0. The molecule has 0 bridgehead atoms. The predicted molar refractivity (Wildman–Crippen MR) is 97.7 cm³/mol. The average Bonchev–Trinajstić information content (AvgIpc) is 2.67. The largest absolute Gasteiger partial charge is 0.387 e. The van der Waals surface area contributed by atoms with Crippen LogP contribution in [-0.4, -0.2) is 35.3 Å². The third-order valence-corrected chi connectivity index (χ3v) is 3.89. The van der Waals surface area contributed by atoms with Crippen LogP contribution in [0, 0.1) is 0 Å². The van der Waals surface area contributed by atoms with Crippen LogP contribution in [0.3, 0.4) is 0 Å². The van der Waals surface area contributed by atoms with Gasteiger partial charge < -0.3 is 20.8 Å². The van der Waals surface area contributed by atoms with Crippen LogP contribution in [0.4, 0.5) is 0 Å². The Bertz CT molecular complexity index is 668. The maximum atomic E-state index is 10.4. The fourth-order valence-corrected chi connectivity index (χ4v) is 2.34. The summed E-state index contributed by atoms with van der Waals surface area (Å²) in [7, 11) is 0. The molecule has 0 aliphatic carbocycles. The zero-order valence-electron chi connectivity index (χ0n) is 18.0. The normalized spacial score (nSPS) is 20.0. The van der Waals surface area contributed by atoms with E-state index in [1.165, 1.54) is 0 Å². The van der Waals surface area contributed by atoms with E-state index < -0.39 is 37.3 Å². The first-order valence-electron chi connectivity index (χ1n) is 10.1. The zero-order chi connectivity index (χ0) is 20.9. The molecular weight excluding hydrogens is 300 g/mol. The lowest BCUT2D eigenvalue weighted by molar-refractivity contribution is 0.129. The molecule has 2 aromatic rings. The highest BCUT2D eigenvalue weighted by Gasteiger charge is 2.17. The van der Waals surface area contributed by atoms with Gasteiger partial charge in [0.05, 0.1) is 12.2 Å². The molecule has 4 atom stereocenters. The molecule has 4 N–H and O–H groups in total. The van der Waals surface area contributed by atoms with Crippen LogP contribution in [0.2, 0.25) is 0 Å². The van der Waals surface area contributed by atoms with Crippen LogP contribution < -0.4 is 10.6 Å². The van der Waals surface area contributed by atoms with Gasteiger partial charge in [-0.2, -0.15) is 0 Å². The van der Waals surface area contributed by atoms with E-state index >= 15 is 0 Å². The molecule has 0 saturated heterocycles. The number of benzene rings is 2. The number of nitrogens with one attached hydrogen (secondary N) is 2. The molecule has 4 nitrogen and oxygen atoms in total. The maximum absolute atomic E-state index is 10.4. The summed E-state index contributed by atoms with van der Waals surface area (Å²) in [6, 6.07) is 16.1. The number of hydrogen-bond donors (Lipinski definition) is 4. The summed E-state index contributed by atoms with van der Waals surface area (Å²) in [4.78, 5) is 0. The molecule has 0 aromatic heterocycles. The molecule has 24 heavy (non-hydrogen) atoms. The van der Waals surface area contributed by atoms with Crippen molar-refractivity contribution in [1.82, 2.24) is 10.6 Å². The molecule has 2 rings (SSSR count). The van der Waals surface area contributed by atoms with E-state index in [0.29, 0.717) is 11.1 Å². The number of hydrogen-bond acceptors (Lipinski definition) is 4. The van der Waals surface area contributed by atoms with Crippen molar-refractivity contribution in [3.8, 4) is 0 Å². The third-order valence-electron chi connectivity index (χ3n) is 3.89. The molecule has 0 saturated carbocycles. The van der Waals surface area contributed by atoms with Gasteiger partial charge in [-0.25, -0.2) is 0 Å². The van der Waals surface area contributed by atoms with Gasteiger partial charge in [0, 0.05) is 30.6 Å². The van der Waals surface area contributed by atoms with Crippen molar-refractivity contribution in [3.63, 3.8) is 0 Å². The fourth-order valence-electron chi connectivity index (χ4n) is 2.34. The van der Waals surface area contributed by atoms with E-state index in [9.17, 15) is 10.2 Å². The van der Waals surface area contributed by atoms with Crippen LogP contribution in [0.1, 0.15) is 42.7 Å². The predicted octanol–water partition coefficient (Wildman–Crippen LogP) is 2.41. The molecular formula is C20H28N2O2. The van der Waals surface area contributed by atoms with Crippen LogP contribution in [0.15, 0.2) is 60.7 Å². The van der Waals surface area contributed by atoms with Crippen molar-refractivity contribution in [2.45, 2.75) is 38.1 Å². The van der Waals surface area contributed by atoms with Crippen molar-refractivity contribution in [2.75, 3.05) is 13.0 Å². The van der Waals surface area contributed by atoms with Crippen LogP contribution in [0.5, 0.6) is 0 Å². The van der Waals surface area contributed by atoms with Gasteiger partial charge in [-0.3, -0.25) is 0 Å². The minimum Gasteiger partial charge on any atom is -0.387 e. The highest BCUT2D eigenvalue weighted by molar-refractivity contribution is 5.19. The Balaban J connectivity index is 2.05. The van der Waals surface area contributed by atoms with E-state index in [2.05, 4.69) is 10.6 Å². The summed E-state index contributed by atoms with van der Waals surface area (Å²) in [5.41, 5.74) is 1.22. The molecule has 0 aliphatic rings. The average molecular weight is 332 g/mol. The van der Waals surface area contributed by atoms with Gasteiger partial charge in [-0.1, -0.05) is 60.7 Å². The van der Waals surface area contributed by atoms with Gasteiger partial charge in [0.1, 0.15) is 0 Å². The third kappa shape index (κ3) is 5.42. The van der Waals surface area contributed by atoms with E-state index in [1.54, 1.807) is 62.4 Å². The Kier molecular flexibility index (Phi) is 5.39. The molecule has 0 unspecified atom stereocenters. The number of rotatable bonds is 9. The first-order chi connectivity index (χ1) is 13.0. The fraction of sp³-hybridized carbons (Fsp3) is 0.400. The van der Waals surface area contributed by atoms with Crippen molar-refractivity contribution < 1.29 is 15.7 Å². The monoisotopic (exact) mass is 332 g/mol. The molecule has 0 fully saturated rings. The molecule has 0 heterocycles. The summed E-state index contributed by atoms with van der Waals surface area (Å²) in [5, 5.41) is 25.9. The second kappa shape index (κ2) is 9.55. The summed E-state index contributed by atoms with van der Waals surface area (Å²) < 4.78 is 32.7. The van der Waals surface area contributed by atoms with Gasteiger partial charge in [0.25, 0.3) is 0 Å². The van der Waals surface area contributed by atoms with Crippen LogP contribution >= 0.6 is 0 Å². The first kappa shape index (κ1) is 13.6. The van der Waals surface area contributed by atoms with Crippen molar-refractivity contribution >= 4 is 0 Å². The SMILES string of the molecule is [2H]C([2H])(N[C@H](C)[C@@H](O)c1ccccc1)C([2H])([2H])N[C@H](C)[C@@H](O)c1ccccc1. The lowest BCUT2D eigenvalue weighted by Gasteiger charge is -2.23. The lowest BCUT2D eigenvalue weighted by atomic mass is 10.0. The smallest absolute Gasteiger partial charge is 0.0940 e. The standard InChI is InChI=1S/C20H28N2O2/c1-15(19(23)17-9-5-3-6-10-17)21-13-14-22-16(2)20(24)18-11-7-4-8-12-18/h3-12,15-16,19-24H,13-14H2,1-2H3/t15-,16-,19-,20-/m1/s1/i13D2,14D2. The molecule has 0 aliphatic heterocycles. The molecule has 4 heteroatoms. The minimum atomic E-state index is -2.51. The Morgan fingerprint density at radius 3 is 1.42 bits per heavy atom. The highest BCUT2D eigenvalue weighted by atomic mass is 16.3. The topological polar surface area (TPSA) is 64.5 Å². The number of aliphatic hydroxyl groups excluding tert-OH is 2. The molecule has 0 radical (unpaired) electrons. The van der Waals surface area contributed by atoms with Crippen LogP contribution in [0.25, 0.3) is 0 Å².